The average Bonchev–Trinajstić information content (AvgIpc) is 3.26. The molecule has 0 saturated carbocycles. The Hall–Kier alpha value is -4.93. The zero-order chi connectivity index (χ0) is 28.4. The number of aryl methyl sites for hydroxylation is 1. The number of imide groups is 1. The van der Waals surface area contributed by atoms with E-state index in [1.165, 1.54) is 24.1 Å². The van der Waals surface area contributed by atoms with Crippen molar-refractivity contribution in [3.8, 4) is 17.2 Å². The van der Waals surface area contributed by atoms with Crippen LogP contribution in [0.4, 0.5) is 14.9 Å². The number of ether oxygens (including phenoxy) is 3. The molecule has 40 heavy (non-hydrogen) atoms. The Morgan fingerprint density at radius 1 is 1.07 bits per heavy atom. The lowest BCUT2D eigenvalue weighted by molar-refractivity contribution is -0.136. The van der Waals surface area contributed by atoms with Gasteiger partial charge in [-0.2, -0.15) is 0 Å². The molecule has 11 heteroatoms. The van der Waals surface area contributed by atoms with Gasteiger partial charge in [-0.25, -0.2) is 9.18 Å². The Balaban J connectivity index is 1.20. The number of amides is 4. The molecule has 2 aliphatic rings. The van der Waals surface area contributed by atoms with E-state index in [4.69, 9.17) is 14.2 Å². The molecule has 2 heterocycles. The van der Waals surface area contributed by atoms with Crippen LogP contribution in [0.3, 0.4) is 0 Å². The normalized spacial score (nSPS) is 16.3. The van der Waals surface area contributed by atoms with Crippen LogP contribution in [0.2, 0.25) is 0 Å². The summed E-state index contributed by atoms with van der Waals surface area (Å²) in [5.74, 6) is -0.297. The molecule has 3 aromatic carbocycles. The first-order valence-electron chi connectivity index (χ1n) is 12.5. The second-order valence-electron chi connectivity index (χ2n) is 9.43. The van der Waals surface area contributed by atoms with Gasteiger partial charge in [0, 0.05) is 24.2 Å². The number of anilines is 1. The molecule has 0 spiro atoms. The van der Waals surface area contributed by atoms with Crippen molar-refractivity contribution in [1.29, 1.82) is 0 Å². The van der Waals surface area contributed by atoms with Gasteiger partial charge < -0.3 is 19.1 Å². The highest BCUT2D eigenvalue weighted by Crippen LogP contribution is 2.36. The largest absolute Gasteiger partial charge is 0.495 e. The van der Waals surface area contributed by atoms with Gasteiger partial charge in [-0.3, -0.25) is 25.0 Å². The highest BCUT2D eigenvalue weighted by atomic mass is 19.1. The first kappa shape index (κ1) is 26.7. The Bertz CT molecular complexity index is 1510. The van der Waals surface area contributed by atoms with Crippen molar-refractivity contribution in [1.82, 2.24) is 10.2 Å². The van der Waals surface area contributed by atoms with Crippen LogP contribution in [-0.4, -0.2) is 41.9 Å². The third-order valence-corrected chi connectivity index (χ3v) is 6.76. The standard InChI is InChI=1S/C29H26FN3O7/c1-16-13-21(9-10-22(16)30)40-20-7-5-19(6-8-20)31-29(37)39-15-18-4-3-17-14-33(28(36)25(17)26(18)38-2)23-11-12-24(34)32-27(23)35/h3-10,13,23H,11-12,14-15H2,1-2H3,(H,31,37)(H,32,34,35). The molecule has 2 aliphatic heterocycles. The van der Waals surface area contributed by atoms with Crippen molar-refractivity contribution in [2.24, 2.45) is 0 Å². The van der Waals surface area contributed by atoms with Crippen LogP contribution >= 0.6 is 0 Å². The second kappa shape index (κ2) is 11.0. The molecule has 1 atom stereocenters. The highest BCUT2D eigenvalue weighted by molar-refractivity contribution is 6.06. The number of benzene rings is 3. The SMILES string of the molecule is COc1c(COC(=O)Nc2ccc(Oc3ccc(F)c(C)c3)cc2)ccc2c1C(=O)N(C1CCC(=O)NC1=O)C2. The number of hydrogen-bond donors (Lipinski definition) is 2. The van der Waals surface area contributed by atoms with Crippen molar-refractivity contribution < 1.29 is 37.8 Å². The molecule has 3 aromatic rings. The lowest BCUT2D eigenvalue weighted by atomic mass is 10.0. The van der Waals surface area contributed by atoms with Gasteiger partial charge in [-0.05, 0) is 66.9 Å². The maximum Gasteiger partial charge on any atom is 0.411 e. The van der Waals surface area contributed by atoms with Gasteiger partial charge in [0.15, 0.2) is 0 Å². The number of halogens is 1. The smallest absolute Gasteiger partial charge is 0.411 e. The van der Waals surface area contributed by atoms with Gasteiger partial charge in [0.2, 0.25) is 11.8 Å². The van der Waals surface area contributed by atoms with Crippen LogP contribution in [0.1, 0.15) is 39.9 Å². The van der Waals surface area contributed by atoms with E-state index in [-0.39, 0.29) is 49.4 Å². The molecule has 10 nitrogen and oxygen atoms in total. The summed E-state index contributed by atoms with van der Waals surface area (Å²) in [6.45, 7) is 1.69. The Morgan fingerprint density at radius 2 is 1.82 bits per heavy atom. The van der Waals surface area contributed by atoms with E-state index in [0.717, 1.165) is 0 Å². The van der Waals surface area contributed by atoms with Gasteiger partial charge in [0.25, 0.3) is 5.91 Å². The predicted molar refractivity (Wildman–Crippen MR) is 140 cm³/mol. The monoisotopic (exact) mass is 547 g/mol. The molecule has 0 radical (unpaired) electrons. The fourth-order valence-corrected chi connectivity index (χ4v) is 4.73. The molecule has 4 amide bonds. The van der Waals surface area contributed by atoms with Crippen LogP contribution in [0.15, 0.2) is 54.6 Å². The molecule has 206 valence electrons. The van der Waals surface area contributed by atoms with Crippen molar-refractivity contribution >= 4 is 29.5 Å². The highest BCUT2D eigenvalue weighted by Gasteiger charge is 2.41. The van der Waals surface area contributed by atoms with E-state index >= 15 is 0 Å². The molecule has 0 bridgehead atoms. The number of carbonyl (C=O) groups is 4. The molecular weight excluding hydrogens is 521 g/mol. The summed E-state index contributed by atoms with van der Waals surface area (Å²) < 4.78 is 30.1. The number of rotatable bonds is 7. The summed E-state index contributed by atoms with van der Waals surface area (Å²) in [7, 11) is 1.41. The number of methoxy groups -OCH3 is 1. The van der Waals surface area contributed by atoms with Crippen molar-refractivity contribution in [3.05, 3.63) is 82.7 Å². The topological polar surface area (TPSA) is 123 Å². The number of nitrogens with one attached hydrogen (secondary N) is 2. The maximum atomic E-state index is 13.5. The van der Waals surface area contributed by atoms with E-state index in [2.05, 4.69) is 10.6 Å². The third-order valence-electron chi connectivity index (χ3n) is 6.76. The van der Waals surface area contributed by atoms with Crippen LogP contribution in [-0.2, 0) is 27.5 Å². The summed E-state index contributed by atoms with van der Waals surface area (Å²) >= 11 is 0. The summed E-state index contributed by atoms with van der Waals surface area (Å²) in [6, 6.07) is 13.7. The molecule has 0 aliphatic carbocycles. The van der Waals surface area contributed by atoms with Crippen LogP contribution in [0.5, 0.6) is 17.2 Å². The quantitative estimate of drug-likeness (QED) is 0.419. The van der Waals surface area contributed by atoms with Crippen molar-refractivity contribution in [3.63, 3.8) is 0 Å². The molecule has 0 aromatic heterocycles. The fraction of sp³-hybridized carbons (Fsp3) is 0.241. The van der Waals surface area contributed by atoms with Crippen molar-refractivity contribution in [2.75, 3.05) is 12.4 Å². The van der Waals surface area contributed by atoms with Crippen LogP contribution < -0.4 is 20.1 Å². The Kier molecular flexibility index (Phi) is 7.37. The van der Waals surface area contributed by atoms with E-state index in [0.29, 0.717) is 39.4 Å². The molecule has 5 rings (SSSR count). The van der Waals surface area contributed by atoms with Crippen LogP contribution in [0.25, 0.3) is 0 Å². The summed E-state index contributed by atoms with van der Waals surface area (Å²) in [5.41, 5.74) is 2.39. The number of carbonyl (C=O) groups excluding carboxylic acids is 4. The molecule has 1 unspecified atom stereocenters. The number of hydrogen-bond acceptors (Lipinski definition) is 7. The summed E-state index contributed by atoms with van der Waals surface area (Å²) in [5, 5.41) is 4.90. The molecule has 1 saturated heterocycles. The van der Waals surface area contributed by atoms with E-state index in [1.807, 2.05) is 0 Å². The zero-order valence-corrected chi connectivity index (χ0v) is 21.8. The lowest BCUT2D eigenvalue weighted by Gasteiger charge is -2.29. The van der Waals surface area contributed by atoms with E-state index < -0.39 is 18.0 Å². The minimum absolute atomic E-state index is 0.158. The average molecular weight is 548 g/mol. The molecular formula is C29H26FN3O7. The van der Waals surface area contributed by atoms with Gasteiger partial charge in [0.1, 0.15) is 35.7 Å². The Labute approximate surface area is 229 Å². The lowest BCUT2D eigenvalue weighted by Crippen LogP contribution is -2.52. The van der Waals surface area contributed by atoms with Gasteiger partial charge in [0.05, 0.1) is 12.7 Å². The zero-order valence-electron chi connectivity index (χ0n) is 21.8. The van der Waals surface area contributed by atoms with Crippen molar-refractivity contribution in [2.45, 2.75) is 39.0 Å². The number of piperidine rings is 1. The van der Waals surface area contributed by atoms with E-state index in [9.17, 15) is 23.6 Å². The maximum absolute atomic E-state index is 13.5. The van der Waals surface area contributed by atoms with Crippen LogP contribution in [0, 0.1) is 12.7 Å². The molecule has 2 N–H and O–H groups in total. The summed E-state index contributed by atoms with van der Waals surface area (Å²) in [4.78, 5) is 51.0. The van der Waals surface area contributed by atoms with Gasteiger partial charge in [-0.1, -0.05) is 12.1 Å². The third kappa shape index (κ3) is 5.44. The minimum atomic E-state index is -0.746. The second-order valence-corrected chi connectivity index (χ2v) is 9.43. The molecule has 1 fully saturated rings. The first-order chi connectivity index (χ1) is 19.2. The van der Waals surface area contributed by atoms with E-state index in [1.54, 1.807) is 49.4 Å². The number of fused-ring (bicyclic) bond motifs is 1. The predicted octanol–water partition coefficient (Wildman–Crippen LogP) is 4.44. The number of nitrogens with zero attached hydrogens (tertiary/aromatic N) is 1. The minimum Gasteiger partial charge on any atom is -0.495 e. The summed E-state index contributed by atoms with van der Waals surface area (Å²) in [6.07, 6.45) is -0.310. The van der Waals surface area contributed by atoms with Gasteiger partial charge in [-0.15, -0.1) is 0 Å². The first-order valence-corrected chi connectivity index (χ1v) is 12.5. The fourth-order valence-electron chi connectivity index (χ4n) is 4.73. The Morgan fingerprint density at radius 3 is 2.52 bits per heavy atom. The van der Waals surface area contributed by atoms with Gasteiger partial charge >= 0.3 is 6.09 Å².